The molecule has 0 aliphatic rings. The van der Waals surface area contributed by atoms with E-state index >= 15 is 0 Å². The van der Waals surface area contributed by atoms with Crippen molar-refractivity contribution in [1.29, 1.82) is 0 Å². The van der Waals surface area contributed by atoms with Gasteiger partial charge in [0.25, 0.3) is 5.69 Å². The van der Waals surface area contributed by atoms with Crippen molar-refractivity contribution in [2.45, 2.75) is 13.0 Å². The van der Waals surface area contributed by atoms with E-state index in [4.69, 9.17) is 0 Å². The summed E-state index contributed by atoms with van der Waals surface area (Å²) in [6, 6.07) is 4.80. The van der Waals surface area contributed by atoms with E-state index in [1.165, 1.54) is 12.3 Å². The highest BCUT2D eigenvalue weighted by atomic mass is 16.6. The van der Waals surface area contributed by atoms with Crippen molar-refractivity contribution in [3.8, 4) is 0 Å². The summed E-state index contributed by atoms with van der Waals surface area (Å²) in [4.78, 5) is 16.5. The van der Waals surface area contributed by atoms with Gasteiger partial charge in [0.05, 0.1) is 16.4 Å². The highest BCUT2D eigenvalue weighted by molar-refractivity contribution is 5.99. The van der Waals surface area contributed by atoms with E-state index in [1.807, 2.05) is 11.9 Å². The average molecular weight is 261 g/mol. The van der Waals surface area contributed by atoms with E-state index in [0.717, 1.165) is 5.69 Å². The first kappa shape index (κ1) is 13.2. The van der Waals surface area contributed by atoms with Crippen LogP contribution in [0.25, 0.3) is 10.8 Å². The van der Waals surface area contributed by atoms with Crippen molar-refractivity contribution in [1.82, 2.24) is 4.98 Å². The molecule has 0 radical (unpaired) electrons. The summed E-state index contributed by atoms with van der Waals surface area (Å²) in [6.07, 6.45) is 2.66. The molecular formula is C13H15N3O3. The summed E-state index contributed by atoms with van der Waals surface area (Å²) in [5, 5.41) is 21.7. The molecule has 1 heterocycles. The number of nitro groups is 1. The van der Waals surface area contributed by atoms with Crippen molar-refractivity contribution < 1.29 is 10.0 Å². The molecule has 0 aliphatic carbocycles. The van der Waals surface area contributed by atoms with Gasteiger partial charge in [-0.3, -0.25) is 15.1 Å². The molecule has 0 spiro atoms. The number of benzene rings is 1. The Morgan fingerprint density at radius 3 is 2.79 bits per heavy atom. The zero-order valence-corrected chi connectivity index (χ0v) is 10.8. The van der Waals surface area contributed by atoms with Crippen LogP contribution in [-0.4, -0.2) is 34.7 Å². The number of nitro benzene ring substituents is 1. The molecule has 0 saturated heterocycles. The van der Waals surface area contributed by atoms with Gasteiger partial charge in [0.1, 0.15) is 0 Å². The number of aliphatic hydroxyl groups is 1. The van der Waals surface area contributed by atoms with Crippen LogP contribution in [0.5, 0.6) is 0 Å². The van der Waals surface area contributed by atoms with Crippen LogP contribution < -0.4 is 4.90 Å². The summed E-state index contributed by atoms with van der Waals surface area (Å²) in [5.41, 5.74) is 0.876. The Labute approximate surface area is 110 Å². The van der Waals surface area contributed by atoms with Crippen LogP contribution in [0.2, 0.25) is 0 Å². The normalized spacial score (nSPS) is 12.4. The van der Waals surface area contributed by atoms with Crippen molar-refractivity contribution in [3.05, 3.63) is 40.7 Å². The van der Waals surface area contributed by atoms with Crippen LogP contribution in [0.15, 0.2) is 30.6 Å². The fourth-order valence-electron chi connectivity index (χ4n) is 2.15. The molecule has 6 heteroatoms. The first-order chi connectivity index (χ1) is 9.00. The highest BCUT2D eigenvalue weighted by Crippen LogP contribution is 2.32. The minimum atomic E-state index is -0.480. The number of aromatic nitrogens is 1. The molecule has 0 saturated carbocycles. The van der Waals surface area contributed by atoms with E-state index < -0.39 is 11.0 Å². The number of nitrogens with zero attached hydrogens (tertiary/aromatic N) is 3. The third-order valence-corrected chi connectivity index (χ3v) is 2.92. The van der Waals surface area contributed by atoms with E-state index in [-0.39, 0.29) is 5.69 Å². The predicted molar refractivity (Wildman–Crippen MR) is 73.3 cm³/mol. The van der Waals surface area contributed by atoms with Gasteiger partial charge in [0.15, 0.2) is 0 Å². The zero-order chi connectivity index (χ0) is 14.0. The third kappa shape index (κ3) is 2.63. The van der Waals surface area contributed by atoms with Gasteiger partial charge in [-0.2, -0.15) is 0 Å². The van der Waals surface area contributed by atoms with Gasteiger partial charge in [-0.25, -0.2) is 0 Å². The molecule has 0 bridgehead atoms. The van der Waals surface area contributed by atoms with Crippen molar-refractivity contribution in [2.24, 2.45) is 0 Å². The molecule has 19 heavy (non-hydrogen) atoms. The number of rotatable bonds is 4. The second-order valence-corrected chi connectivity index (χ2v) is 4.51. The minimum absolute atomic E-state index is 0.0617. The van der Waals surface area contributed by atoms with Crippen LogP contribution in [0.4, 0.5) is 11.4 Å². The lowest BCUT2D eigenvalue weighted by molar-refractivity contribution is -0.383. The maximum atomic E-state index is 11.0. The van der Waals surface area contributed by atoms with E-state index in [1.54, 1.807) is 25.3 Å². The van der Waals surface area contributed by atoms with Gasteiger partial charge in [0, 0.05) is 43.1 Å². The number of non-ortho nitro benzene ring substituents is 1. The molecule has 0 fully saturated rings. The largest absolute Gasteiger partial charge is 0.392 e. The van der Waals surface area contributed by atoms with Gasteiger partial charge in [0.2, 0.25) is 0 Å². The number of hydrogen-bond donors (Lipinski definition) is 1. The Hall–Kier alpha value is -2.21. The maximum absolute atomic E-state index is 11.0. The van der Waals surface area contributed by atoms with Crippen LogP contribution in [0.3, 0.4) is 0 Å². The third-order valence-electron chi connectivity index (χ3n) is 2.92. The van der Waals surface area contributed by atoms with Gasteiger partial charge in [-0.1, -0.05) is 0 Å². The number of anilines is 1. The average Bonchev–Trinajstić information content (AvgIpc) is 2.36. The number of fused-ring (bicyclic) bond motifs is 1. The standard InChI is InChI=1S/C13H15N3O3/c1-9(17)8-15(2)12-3-4-13(16(18)19)10-5-6-14-7-11(10)12/h3-7,9,17H,8H2,1-2H3. The predicted octanol–water partition coefficient (Wildman–Crippen LogP) is 1.96. The molecule has 0 aliphatic heterocycles. The van der Waals surface area contributed by atoms with Crippen molar-refractivity contribution in [3.63, 3.8) is 0 Å². The number of hydrogen-bond acceptors (Lipinski definition) is 5. The maximum Gasteiger partial charge on any atom is 0.277 e. The lowest BCUT2D eigenvalue weighted by Gasteiger charge is -2.22. The number of likely N-dealkylation sites (N-methyl/N-ethyl adjacent to an activating group) is 1. The Balaban J connectivity index is 2.58. The fourth-order valence-corrected chi connectivity index (χ4v) is 2.15. The monoisotopic (exact) mass is 261 g/mol. The van der Waals surface area contributed by atoms with Crippen molar-refractivity contribution in [2.75, 3.05) is 18.5 Å². The van der Waals surface area contributed by atoms with Gasteiger partial charge >= 0.3 is 0 Å². The molecule has 2 aromatic rings. The summed E-state index contributed by atoms with van der Waals surface area (Å²) < 4.78 is 0. The molecule has 2 rings (SSSR count). The Morgan fingerprint density at radius 1 is 1.42 bits per heavy atom. The topological polar surface area (TPSA) is 79.5 Å². The molecule has 1 atom stereocenters. The van der Waals surface area contributed by atoms with E-state index in [9.17, 15) is 15.2 Å². The minimum Gasteiger partial charge on any atom is -0.392 e. The smallest absolute Gasteiger partial charge is 0.277 e. The fraction of sp³-hybridized carbons (Fsp3) is 0.308. The summed E-state index contributed by atoms with van der Waals surface area (Å²) >= 11 is 0. The first-order valence-electron chi connectivity index (χ1n) is 5.91. The van der Waals surface area contributed by atoms with Gasteiger partial charge in [-0.05, 0) is 19.1 Å². The lowest BCUT2D eigenvalue weighted by Crippen LogP contribution is -2.27. The van der Waals surface area contributed by atoms with Gasteiger partial charge in [-0.15, -0.1) is 0 Å². The Kier molecular flexibility index (Phi) is 3.62. The molecule has 1 N–H and O–H groups in total. The number of aliphatic hydroxyl groups excluding tert-OH is 1. The van der Waals surface area contributed by atoms with Crippen LogP contribution in [-0.2, 0) is 0 Å². The van der Waals surface area contributed by atoms with Crippen LogP contribution >= 0.6 is 0 Å². The van der Waals surface area contributed by atoms with E-state index in [2.05, 4.69) is 4.98 Å². The van der Waals surface area contributed by atoms with Crippen LogP contribution in [0, 0.1) is 10.1 Å². The molecule has 1 unspecified atom stereocenters. The second kappa shape index (κ2) is 5.19. The zero-order valence-electron chi connectivity index (χ0n) is 10.8. The van der Waals surface area contributed by atoms with Crippen molar-refractivity contribution >= 4 is 22.1 Å². The molecule has 1 aromatic carbocycles. The van der Waals surface area contributed by atoms with Gasteiger partial charge < -0.3 is 10.0 Å². The molecule has 6 nitrogen and oxygen atoms in total. The molecule has 1 aromatic heterocycles. The first-order valence-corrected chi connectivity index (χ1v) is 5.91. The quantitative estimate of drug-likeness (QED) is 0.672. The molecule has 0 amide bonds. The number of pyridine rings is 1. The molecular weight excluding hydrogens is 246 g/mol. The summed E-state index contributed by atoms with van der Waals surface area (Å²) in [6.45, 7) is 2.14. The Morgan fingerprint density at radius 2 is 2.16 bits per heavy atom. The summed E-state index contributed by atoms with van der Waals surface area (Å²) in [5.74, 6) is 0. The van der Waals surface area contributed by atoms with Crippen LogP contribution in [0.1, 0.15) is 6.92 Å². The van der Waals surface area contributed by atoms with E-state index in [0.29, 0.717) is 17.3 Å². The highest BCUT2D eigenvalue weighted by Gasteiger charge is 2.16. The lowest BCUT2D eigenvalue weighted by atomic mass is 10.1. The SMILES string of the molecule is CC(O)CN(C)c1ccc([N+](=O)[O-])c2ccncc12. The second-order valence-electron chi connectivity index (χ2n) is 4.51. The molecule has 100 valence electrons. The summed E-state index contributed by atoms with van der Waals surface area (Å²) in [7, 11) is 1.83. The Bertz CT molecular complexity index is 613.